The van der Waals surface area contributed by atoms with E-state index in [2.05, 4.69) is 34.9 Å². The fraction of sp³-hybridized carbons (Fsp3) is 0.381. The number of aryl methyl sites for hydroxylation is 1. The van der Waals surface area contributed by atoms with Gasteiger partial charge in [0, 0.05) is 18.3 Å². The first-order valence-corrected chi connectivity index (χ1v) is 9.09. The highest BCUT2D eigenvalue weighted by molar-refractivity contribution is 5.92. The summed E-state index contributed by atoms with van der Waals surface area (Å²) in [7, 11) is 0. The average Bonchev–Trinajstić information content (AvgIpc) is 2.67. The molecule has 0 bridgehead atoms. The summed E-state index contributed by atoms with van der Waals surface area (Å²) in [5, 5.41) is 6.28. The Labute approximate surface area is 149 Å². The molecule has 1 fully saturated rings. The van der Waals surface area contributed by atoms with Gasteiger partial charge < -0.3 is 15.4 Å². The van der Waals surface area contributed by atoms with E-state index in [1.165, 1.54) is 5.56 Å². The normalized spacial score (nSPS) is 17.0. The fourth-order valence-electron chi connectivity index (χ4n) is 3.09. The zero-order chi connectivity index (χ0) is 17.3. The van der Waals surface area contributed by atoms with Crippen LogP contribution >= 0.6 is 0 Å². The smallest absolute Gasteiger partial charge is 0.228 e. The number of rotatable bonds is 7. The zero-order valence-corrected chi connectivity index (χ0v) is 14.5. The lowest BCUT2D eigenvalue weighted by molar-refractivity contribution is -0.120. The van der Waals surface area contributed by atoms with Gasteiger partial charge in [0.25, 0.3) is 0 Å². The SMILES string of the molecule is O=C(Nc1cccc(OCCCc2ccccc2)c1)C1CCCNC1. The maximum Gasteiger partial charge on any atom is 0.228 e. The number of piperidine rings is 1. The van der Waals surface area contributed by atoms with Crippen molar-refractivity contribution in [2.45, 2.75) is 25.7 Å². The molecule has 0 radical (unpaired) electrons. The Morgan fingerprint density at radius 3 is 2.84 bits per heavy atom. The van der Waals surface area contributed by atoms with Crippen molar-refractivity contribution in [1.29, 1.82) is 0 Å². The Bertz CT molecular complexity index is 667. The second kappa shape index (κ2) is 9.23. The van der Waals surface area contributed by atoms with E-state index < -0.39 is 0 Å². The highest BCUT2D eigenvalue weighted by Crippen LogP contribution is 2.20. The van der Waals surface area contributed by atoms with Crippen LogP contribution in [0.4, 0.5) is 5.69 Å². The number of anilines is 1. The number of carbonyl (C=O) groups is 1. The molecule has 2 aromatic rings. The summed E-state index contributed by atoms with van der Waals surface area (Å²) in [6.07, 6.45) is 3.98. The van der Waals surface area contributed by atoms with Gasteiger partial charge in [0.1, 0.15) is 5.75 Å². The predicted octanol–water partition coefficient (Wildman–Crippen LogP) is 3.64. The van der Waals surface area contributed by atoms with Crippen molar-refractivity contribution in [1.82, 2.24) is 5.32 Å². The van der Waals surface area contributed by atoms with Crippen LogP contribution < -0.4 is 15.4 Å². The molecule has 0 aliphatic carbocycles. The van der Waals surface area contributed by atoms with Crippen LogP contribution in [0.3, 0.4) is 0 Å². The standard InChI is InChI=1S/C21H26N2O2/c24-21(18-10-5-13-22-16-18)23-19-11-4-12-20(15-19)25-14-6-9-17-7-2-1-3-8-17/h1-4,7-8,11-12,15,18,22H,5-6,9-10,13-14,16H2,(H,23,24). The molecular weight excluding hydrogens is 312 g/mol. The van der Waals surface area contributed by atoms with Crippen LogP contribution in [-0.2, 0) is 11.2 Å². The third-order valence-electron chi connectivity index (χ3n) is 4.49. The van der Waals surface area contributed by atoms with Gasteiger partial charge in [-0.3, -0.25) is 4.79 Å². The molecule has 1 heterocycles. The van der Waals surface area contributed by atoms with Gasteiger partial charge in [-0.05, 0) is 49.9 Å². The third kappa shape index (κ3) is 5.61. The molecule has 25 heavy (non-hydrogen) atoms. The van der Waals surface area contributed by atoms with E-state index in [9.17, 15) is 4.79 Å². The molecule has 4 heteroatoms. The molecule has 4 nitrogen and oxygen atoms in total. The van der Waals surface area contributed by atoms with Crippen molar-refractivity contribution in [3.05, 3.63) is 60.2 Å². The maximum absolute atomic E-state index is 12.3. The molecule has 3 rings (SSSR count). The van der Waals surface area contributed by atoms with Crippen molar-refractivity contribution in [2.24, 2.45) is 5.92 Å². The minimum atomic E-state index is 0.0594. The van der Waals surface area contributed by atoms with E-state index in [1.54, 1.807) is 0 Å². The predicted molar refractivity (Wildman–Crippen MR) is 101 cm³/mol. The van der Waals surface area contributed by atoms with Crippen LogP contribution in [0.2, 0.25) is 0 Å². The van der Waals surface area contributed by atoms with Crippen LogP contribution in [0.1, 0.15) is 24.8 Å². The zero-order valence-electron chi connectivity index (χ0n) is 14.5. The van der Waals surface area contributed by atoms with Crippen molar-refractivity contribution >= 4 is 11.6 Å². The minimum Gasteiger partial charge on any atom is -0.494 e. The summed E-state index contributed by atoms with van der Waals surface area (Å²) in [5.41, 5.74) is 2.13. The Hall–Kier alpha value is -2.33. The van der Waals surface area contributed by atoms with E-state index in [0.717, 1.165) is 50.2 Å². The minimum absolute atomic E-state index is 0.0594. The van der Waals surface area contributed by atoms with E-state index in [1.807, 2.05) is 30.3 Å². The van der Waals surface area contributed by atoms with Gasteiger partial charge in [-0.1, -0.05) is 36.4 Å². The summed E-state index contributed by atoms with van der Waals surface area (Å²) in [4.78, 5) is 12.3. The molecule has 0 aromatic heterocycles. The summed E-state index contributed by atoms with van der Waals surface area (Å²) >= 11 is 0. The molecule has 1 amide bonds. The van der Waals surface area contributed by atoms with Gasteiger partial charge >= 0.3 is 0 Å². The van der Waals surface area contributed by atoms with Crippen molar-refractivity contribution in [3.63, 3.8) is 0 Å². The topological polar surface area (TPSA) is 50.4 Å². The van der Waals surface area contributed by atoms with Crippen molar-refractivity contribution in [2.75, 3.05) is 25.0 Å². The number of nitrogens with one attached hydrogen (secondary N) is 2. The average molecular weight is 338 g/mol. The quantitative estimate of drug-likeness (QED) is 0.758. The van der Waals surface area contributed by atoms with E-state index >= 15 is 0 Å². The largest absolute Gasteiger partial charge is 0.494 e. The highest BCUT2D eigenvalue weighted by atomic mass is 16.5. The Balaban J connectivity index is 1.45. The summed E-state index contributed by atoms with van der Waals surface area (Å²) in [6.45, 7) is 2.44. The van der Waals surface area contributed by atoms with Gasteiger partial charge in [-0.25, -0.2) is 0 Å². The lowest BCUT2D eigenvalue weighted by atomic mass is 9.99. The van der Waals surface area contributed by atoms with Gasteiger partial charge in [-0.15, -0.1) is 0 Å². The molecule has 1 atom stereocenters. The van der Waals surface area contributed by atoms with Crippen LogP contribution in [-0.4, -0.2) is 25.6 Å². The molecular formula is C21H26N2O2. The number of amides is 1. The van der Waals surface area contributed by atoms with Gasteiger partial charge in [0.15, 0.2) is 0 Å². The first-order valence-electron chi connectivity index (χ1n) is 9.09. The van der Waals surface area contributed by atoms with Gasteiger partial charge in [0.2, 0.25) is 5.91 Å². The molecule has 2 N–H and O–H groups in total. The third-order valence-corrected chi connectivity index (χ3v) is 4.49. The van der Waals surface area contributed by atoms with Crippen LogP contribution in [0, 0.1) is 5.92 Å². The van der Waals surface area contributed by atoms with Crippen molar-refractivity contribution in [3.8, 4) is 5.75 Å². The van der Waals surface area contributed by atoms with E-state index in [-0.39, 0.29) is 11.8 Å². The molecule has 2 aromatic carbocycles. The number of carbonyl (C=O) groups excluding carboxylic acids is 1. The van der Waals surface area contributed by atoms with Crippen LogP contribution in [0.15, 0.2) is 54.6 Å². The summed E-state index contributed by atoms with van der Waals surface area (Å²) in [6, 6.07) is 18.1. The number of benzene rings is 2. The lowest BCUT2D eigenvalue weighted by Gasteiger charge is -2.22. The molecule has 0 spiro atoms. The second-order valence-electron chi connectivity index (χ2n) is 6.50. The molecule has 1 saturated heterocycles. The van der Waals surface area contributed by atoms with Gasteiger partial charge in [-0.2, -0.15) is 0 Å². The van der Waals surface area contributed by atoms with E-state index in [0.29, 0.717) is 6.61 Å². The fourth-order valence-corrected chi connectivity index (χ4v) is 3.09. The van der Waals surface area contributed by atoms with Crippen molar-refractivity contribution < 1.29 is 9.53 Å². The van der Waals surface area contributed by atoms with Gasteiger partial charge in [0.05, 0.1) is 12.5 Å². The Morgan fingerprint density at radius 1 is 1.16 bits per heavy atom. The Kier molecular flexibility index (Phi) is 6.46. The number of hydrogen-bond donors (Lipinski definition) is 2. The van der Waals surface area contributed by atoms with Crippen LogP contribution in [0.5, 0.6) is 5.75 Å². The molecule has 0 saturated carbocycles. The molecule has 1 aliphatic rings. The first-order chi connectivity index (χ1) is 12.3. The molecule has 1 unspecified atom stereocenters. The number of hydrogen-bond acceptors (Lipinski definition) is 3. The lowest BCUT2D eigenvalue weighted by Crippen LogP contribution is -2.37. The summed E-state index contributed by atoms with van der Waals surface area (Å²) in [5.74, 6) is 0.949. The number of ether oxygens (including phenoxy) is 1. The monoisotopic (exact) mass is 338 g/mol. The highest BCUT2D eigenvalue weighted by Gasteiger charge is 2.20. The second-order valence-corrected chi connectivity index (χ2v) is 6.50. The first kappa shape index (κ1) is 17.5. The molecule has 1 aliphatic heterocycles. The maximum atomic E-state index is 12.3. The molecule has 132 valence electrons. The summed E-state index contributed by atoms with van der Waals surface area (Å²) < 4.78 is 5.83. The Morgan fingerprint density at radius 2 is 2.04 bits per heavy atom. The van der Waals surface area contributed by atoms with Crippen LogP contribution in [0.25, 0.3) is 0 Å². The van der Waals surface area contributed by atoms with E-state index in [4.69, 9.17) is 4.74 Å².